The van der Waals surface area contributed by atoms with Gasteiger partial charge in [-0.1, -0.05) is 35.3 Å². The largest absolute Gasteiger partial charge is 0.322 e. The first-order valence-corrected chi connectivity index (χ1v) is 9.13. The minimum Gasteiger partial charge on any atom is -0.322 e. The number of amides is 1. The van der Waals surface area contributed by atoms with Crippen molar-refractivity contribution in [2.24, 2.45) is 0 Å². The molecule has 9 heteroatoms. The molecule has 0 bridgehead atoms. The van der Waals surface area contributed by atoms with Crippen LogP contribution < -0.4 is 5.32 Å². The maximum absolute atomic E-state index is 12.2. The third-order valence-electron chi connectivity index (χ3n) is 2.75. The highest BCUT2D eigenvalue weighted by Gasteiger charge is 2.24. The summed E-state index contributed by atoms with van der Waals surface area (Å²) in [5.74, 6) is -0.530. The van der Waals surface area contributed by atoms with E-state index >= 15 is 0 Å². The van der Waals surface area contributed by atoms with Crippen LogP contribution in [0.1, 0.15) is 0 Å². The van der Waals surface area contributed by atoms with E-state index in [-0.39, 0.29) is 26.5 Å². The van der Waals surface area contributed by atoms with Crippen LogP contribution in [0, 0.1) is 0 Å². The van der Waals surface area contributed by atoms with E-state index in [2.05, 4.69) is 5.32 Å². The maximum Gasteiger partial charge on any atom is 0.252 e. The van der Waals surface area contributed by atoms with Gasteiger partial charge in [-0.25, -0.2) is 8.42 Å². The molecule has 5 nitrogen and oxygen atoms in total. The van der Waals surface area contributed by atoms with Gasteiger partial charge in [0.15, 0.2) is 0 Å². The van der Waals surface area contributed by atoms with Crippen LogP contribution in [-0.2, 0) is 14.8 Å². The normalized spacial score (nSPS) is 11.6. The fraction of sp³-hybridized carbons (Fsp3) is 0.154. The summed E-state index contributed by atoms with van der Waals surface area (Å²) in [6.45, 7) is -0.345. The van der Waals surface area contributed by atoms with Gasteiger partial charge in [0.05, 0.1) is 22.3 Å². The summed E-state index contributed by atoms with van der Waals surface area (Å²) in [7, 11) is -2.34. The number of halogens is 2. The van der Waals surface area contributed by atoms with Gasteiger partial charge >= 0.3 is 0 Å². The standard InChI is InChI=1S/C13H12Cl2N2O3S2/c1-17(22(19,20)12-6-3-7-21-12)8-11(18)16-13-9(14)4-2-5-10(13)15/h2-7H,8H2,1H3,(H,16,18). The van der Waals surface area contributed by atoms with Crippen molar-refractivity contribution >= 4 is 56.2 Å². The number of benzene rings is 1. The zero-order valence-corrected chi connectivity index (χ0v) is 14.6. The molecular weight excluding hydrogens is 367 g/mol. The topological polar surface area (TPSA) is 66.5 Å². The molecule has 0 saturated heterocycles. The molecule has 22 heavy (non-hydrogen) atoms. The molecule has 0 radical (unpaired) electrons. The van der Waals surface area contributed by atoms with E-state index in [0.29, 0.717) is 0 Å². The third kappa shape index (κ3) is 3.80. The van der Waals surface area contributed by atoms with E-state index in [1.165, 1.54) is 13.1 Å². The smallest absolute Gasteiger partial charge is 0.252 e. The van der Waals surface area contributed by atoms with Crippen molar-refractivity contribution < 1.29 is 13.2 Å². The van der Waals surface area contributed by atoms with Crippen molar-refractivity contribution in [2.45, 2.75) is 4.21 Å². The van der Waals surface area contributed by atoms with Crippen molar-refractivity contribution in [3.05, 3.63) is 45.8 Å². The van der Waals surface area contributed by atoms with Gasteiger partial charge in [-0.2, -0.15) is 4.31 Å². The number of carbonyl (C=O) groups is 1. The van der Waals surface area contributed by atoms with E-state index in [9.17, 15) is 13.2 Å². The number of carbonyl (C=O) groups excluding carboxylic acids is 1. The van der Waals surface area contributed by atoms with Gasteiger partial charge in [-0.15, -0.1) is 11.3 Å². The highest BCUT2D eigenvalue weighted by molar-refractivity contribution is 7.91. The van der Waals surface area contributed by atoms with Gasteiger partial charge in [0.25, 0.3) is 10.0 Å². The van der Waals surface area contributed by atoms with Crippen molar-refractivity contribution in [1.82, 2.24) is 4.31 Å². The van der Waals surface area contributed by atoms with Crippen LogP contribution >= 0.6 is 34.5 Å². The number of rotatable bonds is 5. The lowest BCUT2D eigenvalue weighted by Gasteiger charge is -2.16. The van der Waals surface area contributed by atoms with E-state index in [4.69, 9.17) is 23.2 Å². The number of likely N-dealkylation sites (N-methyl/N-ethyl adjacent to an activating group) is 1. The highest BCUT2D eigenvalue weighted by Crippen LogP contribution is 2.29. The molecule has 0 unspecified atom stereocenters. The van der Waals surface area contributed by atoms with Crippen LogP contribution in [0.25, 0.3) is 0 Å². The van der Waals surface area contributed by atoms with E-state index < -0.39 is 15.9 Å². The third-order valence-corrected chi connectivity index (χ3v) is 6.56. The molecule has 0 atom stereocenters. The summed E-state index contributed by atoms with van der Waals surface area (Å²) >= 11 is 13.0. The molecule has 1 heterocycles. The molecule has 2 rings (SSSR count). The van der Waals surface area contributed by atoms with E-state index in [0.717, 1.165) is 15.6 Å². The predicted octanol–water partition coefficient (Wildman–Crippen LogP) is 3.31. The lowest BCUT2D eigenvalue weighted by molar-refractivity contribution is -0.116. The number of para-hydroxylation sites is 1. The Kier molecular flexibility index (Phi) is 5.46. The summed E-state index contributed by atoms with van der Waals surface area (Å²) in [4.78, 5) is 12.0. The van der Waals surface area contributed by atoms with Gasteiger partial charge in [-0.05, 0) is 23.6 Å². The molecule has 0 spiro atoms. The van der Waals surface area contributed by atoms with Gasteiger partial charge in [0.1, 0.15) is 4.21 Å². The zero-order chi connectivity index (χ0) is 16.3. The first-order valence-electron chi connectivity index (χ1n) is 6.06. The number of thiophene rings is 1. The van der Waals surface area contributed by atoms with Crippen LogP contribution in [0.5, 0.6) is 0 Å². The SMILES string of the molecule is CN(CC(=O)Nc1c(Cl)cccc1Cl)S(=O)(=O)c1cccs1. The Morgan fingerprint density at radius 2 is 1.86 bits per heavy atom. The molecule has 0 aliphatic heterocycles. The highest BCUT2D eigenvalue weighted by atomic mass is 35.5. The molecule has 118 valence electrons. The number of nitrogens with one attached hydrogen (secondary N) is 1. The average Bonchev–Trinajstić information content (AvgIpc) is 2.97. The summed E-state index contributed by atoms with van der Waals surface area (Å²) in [6.07, 6.45) is 0. The number of anilines is 1. The van der Waals surface area contributed by atoms with Gasteiger partial charge < -0.3 is 5.32 Å². The Balaban J connectivity index is 2.09. The quantitative estimate of drug-likeness (QED) is 0.867. The molecule has 2 aromatic rings. The molecule has 1 N–H and O–H groups in total. The monoisotopic (exact) mass is 378 g/mol. The predicted molar refractivity (Wildman–Crippen MR) is 89.2 cm³/mol. The van der Waals surface area contributed by atoms with Crippen LogP contribution in [0.3, 0.4) is 0 Å². The Bertz CT molecular complexity index is 756. The van der Waals surface area contributed by atoms with Crippen molar-refractivity contribution in [3.8, 4) is 0 Å². The van der Waals surface area contributed by atoms with Crippen molar-refractivity contribution in [2.75, 3.05) is 18.9 Å². The minimum atomic E-state index is -3.68. The Morgan fingerprint density at radius 3 is 2.41 bits per heavy atom. The van der Waals surface area contributed by atoms with Crippen molar-refractivity contribution in [3.63, 3.8) is 0 Å². The number of nitrogens with zero attached hydrogens (tertiary/aromatic N) is 1. The summed E-state index contributed by atoms with van der Waals surface area (Å²) in [6, 6.07) is 7.92. The molecule has 0 aliphatic carbocycles. The second kappa shape index (κ2) is 6.97. The van der Waals surface area contributed by atoms with Crippen LogP contribution in [0.15, 0.2) is 39.9 Å². The number of hydrogen-bond acceptors (Lipinski definition) is 4. The molecule has 0 aliphatic rings. The van der Waals surface area contributed by atoms with Crippen LogP contribution in [-0.4, -0.2) is 32.2 Å². The lowest BCUT2D eigenvalue weighted by atomic mass is 10.3. The van der Waals surface area contributed by atoms with Crippen LogP contribution in [0.2, 0.25) is 10.0 Å². The molecule has 1 aromatic carbocycles. The average molecular weight is 379 g/mol. The summed E-state index contributed by atoms with van der Waals surface area (Å²) in [5, 5.41) is 4.74. The molecular formula is C13H12Cl2N2O3S2. The zero-order valence-electron chi connectivity index (χ0n) is 11.4. The summed E-state index contributed by atoms with van der Waals surface area (Å²) in [5.41, 5.74) is 0.262. The Hall–Kier alpha value is -1.12. The van der Waals surface area contributed by atoms with Gasteiger partial charge in [0.2, 0.25) is 5.91 Å². The lowest BCUT2D eigenvalue weighted by Crippen LogP contribution is -2.34. The molecule has 1 aromatic heterocycles. The molecule has 1 amide bonds. The second-order valence-electron chi connectivity index (χ2n) is 4.34. The second-order valence-corrected chi connectivity index (χ2v) is 8.37. The van der Waals surface area contributed by atoms with Crippen molar-refractivity contribution in [1.29, 1.82) is 0 Å². The van der Waals surface area contributed by atoms with Crippen LogP contribution in [0.4, 0.5) is 5.69 Å². The van der Waals surface area contributed by atoms with E-state index in [1.54, 1.807) is 29.6 Å². The van der Waals surface area contributed by atoms with E-state index in [1.807, 2.05) is 0 Å². The fourth-order valence-corrected chi connectivity index (χ4v) is 4.47. The maximum atomic E-state index is 12.2. The molecule has 0 saturated carbocycles. The first kappa shape index (κ1) is 17.2. The Labute approximate surface area is 142 Å². The van der Waals surface area contributed by atoms with Gasteiger partial charge in [0, 0.05) is 7.05 Å². The van der Waals surface area contributed by atoms with Gasteiger partial charge in [-0.3, -0.25) is 4.79 Å². The number of sulfonamides is 1. The Morgan fingerprint density at radius 1 is 1.23 bits per heavy atom. The minimum absolute atomic E-state index is 0.179. The summed E-state index contributed by atoms with van der Waals surface area (Å²) < 4.78 is 25.6. The first-order chi connectivity index (χ1) is 10.3. The fourth-order valence-electron chi connectivity index (χ4n) is 1.65. The molecule has 0 fully saturated rings. The number of hydrogen-bond donors (Lipinski definition) is 1.